The van der Waals surface area contributed by atoms with Gasteiger partial charge in [0.15, 0.2) is 0 Å². The highest BCUT2D eigenvalue weighted by atomic mass is 35.5. The van der Waals surface area contributed by atoms with Gasteiger partial charge >= 0.3 is 5.97 Å². The van der Waals surface area contributed by atoms with Crippen molar-refractivity contribution in [1.82, 2.24) is 9.88 Å². The Kier molecular flexibility index (Phi) is 9.94. The van der Waals surface area contributed by atoms with Crippen LogP contribution in [0.25, 0.3) is 10.9 Å². The molecule has 1 aliphatic heterocycles. The number of thioether (sulfide) groups is 1. The van der Waals surface area contributed by atoms with E-state index < -0.39 is 5.97 Å². The molecule has 1 aromatic carbocycles. The van der Waals surface area contributed by atoms with E-state index in [1.165, 1.54) is 12.2 Å². The van der Waals surface area contributed by atoms with Gasteiger partial charge in [-0.1, -0.05) is 18.5 Å². The number of ether oxygens (including phenoxy) is 1. The van der Waals surface area contributed by atoms with Gasteiger partial charge in [0.1, 0.15) is 5.75 Å². The second kappa shape index (κ2) is 12.7. The van der Waals surface area contributed by atoms with Gasteiger partial charge < -0.3 is 14.7 Å². The lowest BCUT2D eigenvalue weighted by molar-refractivity contribution is -0.139. The molecule has 1 N–H and O–H groups in total. The third-order valence-electron chi connectivity index (χ3n) is 6.45. The first-order valence-electron chi connectivity index (χ1n) is 11.6. The molecule has 1 saturated heterocycles. The van der Waals surface area contributed by atoms with E-state index in [4.69, 9.17) is 16.3 Å². The molecule has 7 heteroatoms. The topological polar surface area (TPSA) is 62.7 Å². The van der Waals surface area contributed by atoms with Gasteiger partial charge in [0.25, 0.3) is 0 Å². The Labute approximate surface area is 200 Å². The van der Waals surface area contributed by atoms with Gasteiger partial charge in [0.2, 0.25) is 0 Å². The maximum atomic E-state index is 11.5. The average molecular weight is 479 g/mol. The fourth-order valence-electron chi connectivity index (χ4n) is 4.76. The maximum absolute atomic E-state index is 11.5. The molecule has 2 heterocycles. The second-order valence-corrected chi connectivity index (χ2v) is 10.3. The van der Waals surface area contributed by atoms with Crippen molar-refractivity contribution in [1.29, 1.82) is 0 Å². The number of pyridine rings is 1. The van der Waals surface area contributed by atoms with E-state index in [0.717, 1.165) is 73.3 Å². The summed E-state index contributed by atoms with van der Waals surface area (Å²) in [6.45, 7) is 5.25. The molecule has 2 atom stereocenters. The molecule has 2 unspecified atom stereocenters. The number of benzene rings is 1. The third kappa shape index (κ3) is 7.00. The highest BCUT2D eigenvalue weighted by molar-refractivity contribution is 7.99. The largest absolute Gasteiger partial charge is 0.497 e. The molecule has 3 rings (SSSR count). The predicted molar refractivity (Wildman–Crippen MR) is 134 cm³/mol. The minimum absolute atomic E-state index is 0.224. The molecule has 32 heavy (non-hydrogen) atoms. The van der Waals surface area contributed by atoms with E-state index in [-0.39, 0.29) is 12.3 Å². The molecule has 0 amide bonds. The SMILES string of the molecule is CCCSCCN1CCC(CCCc2c(Cl)cnc3ccc(OC)cc23)C(CC(=O)O)C1. The van der Waals surface area contributed by atoms with E-state index in [2.05, 4.69) is 16.8 Å². The molecule has 1 aromatic heterocycles. The number of aryl methyl sites for hydroxylation is 1. The molecule has 2 aromatic rings. The number of aromatic nitrogens is 1. The zero-order valence-corrected chi connectivity index (χ0v) is 20.8. The number of aliphatic carboxylic acids is 1. The van der Waals surface area contributed by atoms with Crippen molar-refractivity contribution in [3.63, 3.8) is 0 Å². The minimum atomic E-state index is -0.683. The van der Waals surface area contributed by atoms with Crippen molar-refractivity contribution in [2.24, 2.45) is 11.8 Å². The van der Waals surface area contributed by atoms with E-state index >= 15 is 0 Å². The first-order valence-corrected chi connectivity index (χ1v) is 13.2. The molecule has 1 aliphatic rings. The van der Waals surface area contributed by atoms with E-state index in [1.54, 1.807) is 13.3 Å². The number of carboxylic acids is 1. The van der Waals surface area contributed by atoms with Gasteiger partial charge in [-0.05, 0) is 80.0 Å². The molecule has 0 saturated carbocycles. The van der Waals surface area contributed by atoms with Crippen LogP contribution in [-0.2, 0) is 11.2 Å². The summed E-state index contributed by atoms with van der Waals surface area (Å²) in [4.78, 5) is 18.4. The lowest BCUT2D eigenvalue weighted by atomic mass is 9.80. The van der Waals surface area contributed by atoms with Crippen LogP contribution in [0.3, 0.4) is 0 Å². The quantitative estimate of drug-likeness (QED) is 0.390. The zero-order chi connectivity index (χ0) is 22.9. The number of nitrogens with zero attached hydrogens (tertiary/aromatic N) is 2. The molecule has 5 nitrogen and oxygen atoms in total. The fourth-order valence-corrected chi connectivity index (χ4v) is 5.88. The number of halogens is 1. The van der Waals surface area contributed by atoms with Gasteiger partial charge in [-0.3, -0.25) is 9.78 Å². The summed E-state index contributed by atoms with van der Waals surface area (Å²) in [5.74, 6) is 3.13. The number of rotatable bonds is 12. The number of carboxylic acid groups (broad SMARTS) is 1. The number of likely N-dealkylation sites (tertiary alicyclic amines) is 1. The van der Waals surface area contributed by atoms with Crippen molar-refractivity contribution in [2.45, 2.75) is 45.4 Å². The van der Waals surface area contributed by atoms with Crippen molar-refractivity contribution in [3.8, 4) is 5.75 Å². The normalized spacial score (nSPS) is 19.3. The zero-order valence-electron chi connectivity index (χ0n) is 19.2. The van der Waals surface area contributed by atoms with Gasteiger partial charge in [-0.25, -0.2) is 0 Å². The molecule has 0 spiro atoms. The Balaban J connectivity index is 1.60. The van der Waals surface area contributed by atoms with Crippen molar-refractivity contribution in [2.75, 3.05) is 38.2 Å². The summed E-state index contributed by atoms with van der Waals surface area (Å²) in [6.07, 6.45) is 7.16. The maximum Gasteiger partial charge on any atom is 0.303 e. The first-order chi connectivity index (χ1) is 15.5. The summed E-state index contributed by atoms with van der Waals surface area (Å²) in [6, 6.07) is 5.88. The van der Waals surface area contributed by atoms with Crippen LogP contribution in [0.4, 0.5) is 0 Å². The molecule has 176 valence electrons. The highest BCUT2D eigenvalue weighted by Crippen LogP contribution is 2.33. The lowest BCUT2D eigenvalue weighted by Crippen LogP contribution is -2.42. The third-order valence-corrected chi connectivity index (χ3v) is 7.94. The molecular weight excluding hydrogens is 444 g/mol. The Morgan fingerprint density at radius 2 is 2.19 bits per heavy atom. The monoisotopic (exact) mass is 478 g/mol. The van der Waals surface area contributed by atoms with Crippen LogP contribution in [0.15, 0.2) is 24.4 Å². The van der Waals surface area contributed by atoms with E-state index in [1.807, 2.05) is 30.0 Å². The van der Waals surface area contributed by atoms with Gasteiger partial charge in [-0.2, -0.15) is 11.8 Å². The minimum Gasteiger partial charge on any atom is -0.497 e. The van der Waals surface area contributed by atoms with Gasteiger partial charge in [0, 0.05) is 36.8 Å². The number of hydrogen-bond acceptors (Lipinski definition) is 5. The summed E-state index contributed by atoms with van der Waals surface area (Å²) in [5, 5.41) is 11.2. The molecular formula is C25H35ClN2O3S. The predicted octanol–water partition coefficient (Wildman–Crippen LogP) is 5.78. The van der Waals surface area contributed by atoms with Crippen LogP contribution in [0.5, 0.6) is 5.75 Å². The van der Waals surface area contributed by atoms with Crippen LogP contribution < -0.4 is 4.74 Å². The molecule has 0 radical (unpaired) electrons. The van der Waals surface area contributed by atoms with Crippen molar-refractivity contribution < 1.29 is 14.6 Å². The van der Waals surface area contributed by atoms with Crippen molar-refractivity contribution in [3.05, 3.63) is 35.0 Å². The number of carbonyl (C=O) groups is 1. The van der Waals surface area contributed by atoms with Crippen LogP contribution in [-0.4, -0.2) is 59.2 Å². The van der Waals surface area contributed by atoms with Crippen LogP contribution in [0, 0.1) is 11.8 Å². The number of methoxy groups -OCH3 is 1. The summed E-state index contributed by atoms with van der Waals surface area (Å²) in [5.41, 5.74) is 2.03. The summed E-state index contributed by atoms with van der Waals surface area (Å²) in [7, 11) is 1.66. The van der Waals surface area contributed by atoms with Gasteiger partial charge in [-0.15, -0.1) is 0 Å². The first kappa shape index (κ1) is 25.1. The average Bonchev–Trinajstić information content (AvgIpc) is 2.78. The molecule has 1 fully saturated rings. The molecule has 0 aliphatic carbocycles. The standard InChI is InChI=1S/C25H35ClN2O3S/c1-3-12-32-13-11-28-10-9-18(19(17-28)14-25(29)30)5-4-6-21-22-15-20(31-2)7-8-24(22)27-16-23(21)26/h7-8,15-16,18-19H,3-6,9-14,17H2,1-2H3,(H,29,30). The lowest BCUT2D eigenvalue weighted by Gasteiger charge is -2.38. The summed E-state index contributed by atoms with van der Waals surface area (Å²) < 4.78 is 5.39. The van der Waals surface area contributed by atoms with Crippen LogP contribution in [0.2, 0.25) is 5.02 Å². The summed E-state index contributed by atoms with van der Waals surface area (Å²) >= 11 is 8.51. The number of piperidine rings is 1. The smallest absolute Gasteiger partial charge is 0.303 e. The highest BCUT2D eigenvalue weighted by Gasteiger charge is 2.30. The molecule has 0 bridgehead atoms. The van der Waals surface area contributed by atoms with E-state index in [0.29, 0.717) is 10.9 Å². The van der Waals surface area contributed by atoms with Gasteiger partial charge in [0.05, 0.1) is 17.6 Å². The Hall–Kier alpha value is -1.50. The van der Waals surface area contributed by atoms with Crippen LogP contribution in [0.1, 0.15) is 44.6 Å². The Bertz CT molecular complexity index is 895. The van der Waals surface area contributed by atoms with Crippen LogP contribution >= 0.6 is 23.4 Å². The second-order valence-electron chi connectivity index (χ2n) is 8.68. The number of fused-ring (bicyclic) bond motifs is 1. The van der Waals surface area contributed by atoms with Crippen molar-refractivity contribution >= 4 is 40.2 Å². The Morgan fingerprint density at radius 3 is 2.94 bits per heavy atom. The van der Waals surface area contributed by atoms with E-state index in [9.17, 15) is 9.90 Å². The fraction of sp³-hybridized carbons (Fsp3) is 0.600. The Morgan fingerprint density at radius 1 is 1.34 bits per heavy atom. The number of hydrogen-bond donors (Lipinski definition) is 1.